The van der Waals surface area contributed by atoms with Crippen LogP contribution in [0.15, 0.2) is 24.3 Å². The maximum atomic E-state index is 5.88. The van der Waals surface area contributed by atoms with Gasteiger partial charge in [-0.1, -0.05) is 23.7 Å². The van der Waals surface area contributed by atoms with E-state index in [0.29, 0.717) is 6.54 Å². The Balaban J connectivity index is 2.24. The van der Waals surface area contributed by atoms with Crippen LogP contribution in [0, 0.1) is 13.8 Å². The summed E-state index contributed by atoms with van der Waals surface area (Å²) in [4.78, 5) is 0. The molecule has 0 spiro atoms. The zero-order valence-electron chi connectivity index (χ0n) is 10.8. The normalized spacial score (nSPS) is 10.9. The summed E-state index contributed by atoms with van der Waals surface area (Å²) in [6, 6.07) is 7.87. The van der Waals surface area contributed by atoms with Crippen LogP contribution in [0.1, 0.15) is 22.5 Å². The fourth-order valence-corrected chi connectivity index (χ4v) is 2.28. The molecular formula is C14H18ClN3. The molecule has 0 bridgehead atoms. The molecule has 0 amide bonds. The van der Waals surface area contributed by atoms with Gasteiger partial charge in [-0.3, -0.25) is 4.68 Å². The van der Waals surface area contributed by atoms with E-state index in [4.69, 9.17) is 17.3 Å². The van der Waals surface area contributed by atoms with Gasteiger partial charge < -0.3 is 5.73 Å². The van der Waals surface area contributed by atoms with Crippen molar-refractivity contribution in [2.24, 2.45) is 5.73 Å². The maximum Gasteiger partial charge on any atom is 0.0662 e. The number of rotatable bonds is 4. The number of hydrogen-bond donors (Lipinski definition) is 1. The first-order valence-corrected chi connectivity index (χ1v) is 6.47. The Morgan fingerprint density at radius 3 is 2.50 bits per heavy atom. The van der Waals surface area contributed by atoms with Crippen molar-refractivity contribution in [3.63, 3.8) is 0 Å². The lowest BCUT2D eigenvalue weighted by atomic mass is 10.1. The molecule has 0 fully saturated rings. The first-order valence-electron chi connectivity index (χ1n) is 6.09. The summed E-state index contributed by atoms with van der Waals surface area (Å²) in [6.45, 7) is 5.57. The maximum absolute atomic E-state index is 5.88. The Kier molecular flexibility index (Phi) is 4.04. The summed E-state index contributed by atoms with van der Waals surface area (Å²) in [5.41, 5.74) is 10.4. The molecule has 96 valence electrons. The summed E-state index contributed by atoms with van der Waals surface area (Å²) in [5.74, 6) is 0. The molecule has 0 saturated heterocycles. The lowest BCUT2D eigenvalue weighted by molar-refractivity contribution is 0.658. The topological polar surface area (TPSA) is 43.8 Å². The highest BCUT2D eigenvalue weighted by Crippen LogP contribution is 2.16. The highest BCUT2D eigenvalue weighted by molar-refractivity contribution is 6.30. The summed E-state index contributed by atoms with van der Waals surface area (Å²) in [6.07, 6.45) is 0.887. The van der Waals surface area contributed by atoms with Crippen LogP contribution in [0.2, 0.25) is 5.02 Å². The third kappa shape index (κ3) is 2.74. The van der Waals surface area contributed by atoms with E-state index in [1.807, 2.05) is 35.9 Å². The van der Waals surface area contributed by atoms with Crippen molar-refractivity contribution >= 4 is 11.6 Å². The van der Waals surface area contributed by atoms with Crippen LogP contribution in [0.4, 0.5) is 0 Å². The molecule has 0 aliphatic heterocycles. The molecular weight excluding hydrogens is 246 g/mol. The average Bonchev–Trinajstić information content (AvgIpc) is 2.60. The third-order valence-electron chi connectivity index (χ3n) is 3.17. The lowest BCUT2D eigenvalue weighted by Gasteiger charge is -2.05. The highest BCUT2D eigenvalue weighted by atomic mass is 35.5. The Morgan fingerprint density at radius 2 is 1.89 bits per heavy atom. The number of aryl methyl sites for hydroxylation is 1. The minimum absolute atomic E-state index is 0.661. The molecule has 0 unspecified atom stereocenters. The van der Waals surface area contributed by atoms with Crippen molar-refractivity contribution in [2.45, 2.75) is 26.8 Å². The molecule has 0 aliphatic rings. The van der Waals surface area contributed by atoms with E-state index in [9.17, 15) is 0 Å². The van der Waals surface area contributed by atoms with Gasteiger partial charge in [0, 0.05) is 10.7 Å². The second-order valence-corrected chi connectivity index (χ2v) is 4.91. The smallest absolute Gasteiger partial charge is 0.0662 e. The van der Waals surface area contributed by atoms with Gasteiger partial charge in [0.2, 0.25) is 0 Å². The Labute approximate surface area is 113 Å². The van der Waals surface area contributed by atoms with Crippen molar-refractivity contribution in [2.75, 3.05) is 6.54 Å². The summed E-state index contributed by atoms with van der Waals surface area (Å²) in [7, 11) is 0. The molecule has 0 radical (unpaired) electrons. The average molecular weight is 264 g/mol. The number of benzene rings is 1. The number of hydrogen-bond acceptors (Lipinski definition) is 2. The SMILES string of the molecule is Cc1nn(Cc2ccc(Cl)cc2)c(C)c1CCN. The van der Waals surface area contributed by atoms with Gasteiger partial charge in [-0.15, -0.1) is 0 Å². The second kappa shape index (κ2) is 5.55. The van der Waals surface area contributed by atoms with Gasteiger partial charge in [0.05, 0.1) is 12.2 Å². The standard InChI is InChI=1S/C14H18ClN3/c1-10-14(7-8-16)11(2)18(17-10)9-12-3-5-13(15)6-4-12/h3-6H,7-9,16H2,1-2H3. The van der Waals surface area contributed by atoms with Gasteiger partial charge in [0.25, 0.3) is 0 Å². The van der Waals surface area contributed by atoms with Gasteiger partial charge in [0.1, 0.15) is 0 Å². The van der Waals surface area contributed by atoms with Gasteiger partial charge >= 0.3 is 0 Å². The van der Waals surface area contributed by atoms with Gasteiger partial charge in [-0.05, 0) is 50.1 Å². The van der Waals surface area contributed by atoms with Crippen LogP contribution in [-0.2, 0) is 13.0 Å². The molecule has 18 heavy (non-hydrogen) atoms. The molecule has 2 rings (SSSR count). The van der Waals surface area contributed by atoms with E-state index in [0.717, 1.165) is 23.7 Å². The molecule has 3 nitrogen and oxygen atoms in total. The van der Waals surface area contributed by atoms with Gasteiger partial charge in [0.15, 0.2) is 0 Å². The van der Waals surface area contributed by atoms with Crippen LogP contribution in [0.5, 0.6) is 0 Å². The summed E-state index contributed by atoms with van der Waals surface area (Å²) < 4.78 is 2.03. The molecule has 1 aromatic carbocycles. The molecule has 0 atom stereocenters. The van der Waals surface area contributed by atoms with E-state index in [2.05, 4.69) is 12.0 Å². The predicted octanol–water partition coefficient (Wildman–Crippen LogP) is 2.70. The van der Waals surface area contributed by atoms with Crippen molar-refractivity contribution in [1.29, 1.82) is 0 Å². The van der Waals surface area contributed by atoms with Gasteiger partial charge in [-0.2, -0.15) is 5.10 Å². The molecule has 4 heteroatoms. The molecule has 1 aromatic heterocycles. The predicted molar refractivity (Wildman–Crippen MR) is 75.0 cm³/mol. The molecule has 0 aliphatic carbocycles. The molecule has 2 N–H and O–H groups in total. The lowest BCUT2D eigenvalue weighted by Crippen LogP contribution is -2.06. The van der Waals surface area contributed by atoms with E-state index in [1.54, 1.807) is 0 Å². The number of nitrogens with zero attached hydrogens (tertiary/aromatic N) is 2. The van der Waals surface area contributed by atoms with E-state index < -0.39 is 0 Å². The number of aromatic nitrogens is 2. The minimum atomic E-state index is 0.661. The molecule has 1 heterocycles. The van der Waals surface area contributed by atoms with Crippen LogP contribution in [-0.4, -0.2) is 16.3 Å². The van der Waals surface area contributed by atoms with Crippen molar-refractivity contribution in [3.05, 3.63) is 51.8 Å². The second-order valence-electron chi connectivity index (χ2n) is 4.47. The zero-order valence-corrected chi connectivity index (χ0v) is 11.5. The monoisotopic (exact) mass is 263 g/mol. The van der Waals surface area contributed by atoms with E-state index in [-0.39, 0.29) is 0 Å². The zero-order chi connectivity index (χ0) is 13.1. The van der Waals surface area contributed by atoms with Gasteiger partial charge in [-0.25, -0.2) is 0 Å². The van der Waals surface area contributed by atoms with Crippen LogP contribution >= 0.6 is 11.6 Å². The van der Waals surface area contributed by atoms with Crippen molar-refractivity contribution in [3.8, 4) is 0 Å². The summed E-state index contributed by atoms with van der Waals surface area (Å²) in [5, 5.41) is 5.33. The van der Waals surface area contributed by atoms with E-state index >= 15 is 0 Å². The van der Waals surface area contributed by atoms with E-state index in [1.165, 1.54) is 16.8 Å². The largest absolute Gasteiger partial charge is 0.330 e. The van der Waals surface area contributed by atoms with Crippen LogP contribution in [0.25, 0.3) is 0 Å². The first-order chi connectivity index (χ1) is 8.61. The minimum Gasteiger partial charge on any atom is -0.330 e. The Morgan fingerprint density at radius 1 is 1.22 bits per heavy atom. The highest BCUT2D eigenvalue weighted by Gasteiger charge is 2.10. The fraction of sp³-hybridized carbons (Fsp3) is 0.357. The molecule has 0 saturated carbocycles. The molecule has 2 aromatic rings. The summed E-state index contributed by atoms with van der Waals surface area (Å²) >= 11 is 5.88. The fourth-order valence-electron chi connectivity index (χ4n) is 2.16. The van der Waals surface area contributed by atoms with Crippen molar-refractivity contribution < 1.29 is 0 Å². The number of nitrogens with two attached hydrogens (primary N) is 1. The Hall–Kier alpha value is -1.32. The first kappa shape index (κ1) is 13.1. The van der Waals surface area contributed by atoms with Crippen molar-refractivity contribution in [1.82, 2.24) is 9.78 Å². The number of halogens is 1. The van der Waals surface area contributed by atoms with Crippen LogP contribution < -0.4 is 5.73 Å². The quantitative estimate of drug-likeness (QED) is 0.922. The van der Waals surface area contributed by atoms with Crippen LogP contribution in [0.3, 0.4) is 0 Å². The Bertz CT molecular complexity index is 529. The third-order valence-corrected chi connectivity index (χ3v) is 3.42.